The van der Waals surface area contributed by atoms with Crippen molar-refractivity contribution in [3.05, 3.63) is 54.1 Å². The van der Waals surface area contributed by atoms with Crippen LogP contribution in [0.2, 0.25) is 0 Å². The van der Waals surface area contributed by atoms with Crippen LogP contribution in [-0.4, -0.2) is 66.8 Å². The number of nitrogens with one attached hydrogen (secondary N) is 1. The molecule has 1 N–H and O–H groups in total. The highest BCUT2D eigenvalue weighted by atomic mass is 19.1. The van der Waals surface area contributed by atoms with Gasteiger partial charge in [-0.1, -0.05) is 0 Å². The molecule has 226 valence electrons. The van der Waals surface area contributed by atoms with Crippen LogP contribution >= 0.6 is 0 Å². The van der Waals surface area contributed by atoms with E-state index in [0.717, 1.165) is 30.6 Å². The molecule has 5 heterocycles. The van der Waals surface area contributed by atoms with Crippen molar-refractivity contribution in [1.29, 1.82) is 0 Å². The number of fused-ring (bicyclic) bond motifs is 3. The molecular weight excluding hydrogens is 554 g/mol. The first-order valence-corrected chi connectivity index (χ1v) is 14.5. The number of benzene rings is 1. The quantitative estimate of drug-likeness (QED) is 0.307. The number of carbonyl (C=O) groups excluding carboxylic acids is 1. The number of nitrogens with zero attached hydrogens (tertiary/aromatic N) is 7. The first kappa shape index (κ1) is 28.8. The van der Waals surface area contributed by atoms with E-state index >= 15 is 4.39 Å². The minimum Gasteiger partial charge on any atom is -0.444 e. The molecule has 12 heteroatoms. The summed E-state index contributed by atoms with van der Waals surface area (Å²) >= 11 is 0. The Hall–Kier alpha value is -4.35. The summed E-state index contributed by atoms with van der Waals surface area (Å²) in [7, 11) is 0. The minimum absolute atomic E-state index is 0.0156. The lowest BCUT2D eigenvalue weighted by Gasteiger charge is -2.41. The predicted molar refractivity (Wildman–Crippen MR) is 160 cm³/mol. The number of pyridine rings is 1. The summed E-state index contributed by atoms with van der Waals surface area (Å²) in [5, 5.41) is 3.03. The molecule has 3 aromatic heterocycles. The van der Waals surface area contributed by atoms with Gasteiger partial charge in [-0.3, -0.25) is 0 Å². The van der Waals surface area contributed by atoms with Crippen molar-refractivity contribution < 1.29 is 18.3 Å². The summed E-state index contributed by atoms with van der Waals surface area (Å²) in [6.45, 7) is 13.6. The van der Waals surface area contributed by atoms with Gasteiger partial charge in [-0.05, 0) is 72.2 Å². The monoisotopic (exact) mass is 590 g/mol. The van der Waals surface area contributed by atoms with E-state index in [-0.39, 0.29) is 34.8 Å². The number of rotatable bonds is 4. The average molecular weight is 591 g/mol. The van der Waals surface area contributed by atoms with Crippen molar-refractivity contribution in [3.63, 3.8) is 0 Å². The SMILES string of the molecule is CC1CN(c2ccc(Nc3ncc(F)c(-c4cc(F)c5nc6n(c5c4)C(C)(C)CC6)n3)nc2)CCN1C(=O)OC(C)(C)C. The van der Waals surface area contributed by atoms with Crippen molar-refractivity contribution in [1.82, 2.24) is 29.4 Å². The standard InChI is InChI=1S/C31H36F2N8O2/c1-18-17-39(11-12-40(18)29(42)43-30(2,3)4)20-7-8-24(34-15-20)36-28-35-16-22(33)26(38-28)19-13-21(32)27-23(14-19)41-25(37-27)9-10-31(41,5)6/h7-8,13-16,18H,9-12,17H2,1-6H3,(H,34,35,36,38). The average Bonchev–Trinajstić information content (AvgIpc) is 3.46. The predicted octanol–water partition coefficient (Wildman–Crippen LogP) is 6.04. The molecular formula is C31H36F2N8O2. The van der Waals surface area contributed by atoms with Gasteiger partial charge in [0.15, 0.2) is 11.6 Å². The molecule has 10 nitrogen and oxygen atoms in total. The molecule has 1 fully saturated rings. The highest BCUT2D eigenvalue weighted by molar-refractivity contribution is 5.83. The van der Waals surface area contributed by atoms with E-state index in [0.29, 0.717) is 36.5 Å². The fourth-order valence-electron chi connectivity index (χ4n) is 5.87. The molecule has 6 rings (SSSR count). The van der Waals surface area contributed by atoms with Crippen molar-refractivity contribution in [2.24, 2.45) is 0 Å². The lowest BCUT2D eigenvalue weighted by Crippen LogP contribution is -2.55. The number of piperazine rings is 1. The second-order valence-corrected chi connectivity index (χ2v) is 12.9. The number of halogens is 2. The van der Waals surface area contributed by atoms with E-state index in [9.17, 15) is 9.18 Å². The summed E-state index contributed by atoms with van der Waals surface area (Å²) in [5.74, 6) is 0.258. The molecule has 2 aliphatic rings. The van der Waals surface area contributed by atoms with Crippen molar-refractivity contribution in [2.45, 2.75) is 71.6 Å². The smallest absolute Gasteiger partial charge is 0.410 e. The molecule has 1 aromatic carbocycles. The van der Waals surface area contributed by atoms with Gasteiger partial charge in [0, 0.05) is 43.2 Å². The molecule has 1 unspecified atom stereocenters. The molecule has 0 radical (unpaired) electrons. The van der Waals surface area contributed by atoms with Crippen LogP contribution in [0, 0.1) is 11.6 Å². The third kappa shape index (κ3) is 5.57. The van der Waals surface area contributed by atoms with Gasteiger partial charge in [0.1, 0.15) is 28.5 Å². The van der Waals surface area contributed by atoms with Crippen LogP contribution in [0.5, 0.6) is 0 Å². The Kier molecular flexibility index (Phi) is 6.97. The summed E-state index contributed by atoms with van der Waals surface area (Å²) in [6, 6.07) is 6.68. The molecule has 1 amide bonds. The van der Waals surface area contributed by atoms with E-state index < -0.39 is 17.2 Å². The largest absolute Gasteiger partial charge is 0.444 e. The third-order valence-electron chi connectivity index (χ3n) is 7.97. The van der Waals surface area contributed by atoms with Crippen LogP contribution in [0.25, 0.3) is 22.3 Å². The van der Waals surface area contributed by atoms with Gasteiger partial charge in [0.25, 0.3) is 0 Å². The molecule has 1 atom stereocenters. The van der Waals surface area contributed by atoms with E-state index in [1.165, 1.54) is 6.07 Å². The molecule has 2 aliphatic heterocycles. The zero-order valence-corrected chi connectivity index (χ0v) is 25.3. The number of ether oxygens (including phenoxy) is 1. The number of aromatic nitrogens is 5. The van der Waals surface area contributed by atoms with Gasteiger partial charge in [0.2, 0.25) is 5.95 Å². The zero-order chi connectivity index (χ0) is 30.7. The van der Waals surface area contributed by atoms with Crippen LogP contribution in [0.4, 0.5) is 31.0 Å². The number of amides is 1. The van der Waals surface area contributed by atoms with Gasteiger partial charge in [-0.25, -0.2) is 33.5 Å². The summed E-state index contributed by atoms with van der Waals surface area (Å²) in [4.78, 5) is 33.9. The number of hydrogen-bond acceptors (Lipinski definition) is 8. The highest BCUT2D eigenvalue weighted by Gasteiger charge is 2.34. The Morgan fingerprint density at radius 3 is 2.56 bits per heavy atom. The molecule has 43 heavy (non-hydrogen) atoms. The maximum atomic E-state index is 15.2. The first-order valence-electron chi connectivity index (χ1n) is 14.5. The molecule has 0 spiro atoms. The van der Waals surface area contributed by atoms with Gasteiger partial charge in [-0.2, -0.15) is 0 Å². The number of imidazole rings is 1. The number of carbonyl (C=O) groups is 1. The highest BCUT2D eigenvalue weighted by Crippen LogP contribution is 2.38. The van der Waals surface area contributed by atoms with Crippen molar-refractivity contribution in [3.8, 4) is 11.3 Å². The Labute approximate surface area is 249 Å². The van der Waals surface area contributed by atoms with Crippen molar-refractivity contribution >= 4 is 34.6 Å². The number of hydrogen-bond donors (Lipinski definition) is 1. The Balaban J connectivity index is 1.18. The van der Waals surface area contributed by atoms with E-state index in [1.54, 1.807) is 23.2 Å². The second-order valence-electron chi connectivity index (χ2n) is 12.9. The lowest BCUT2D eigenvalue weighted by atomic mass is 10.0. The van der Waals surface area contributed by atoms with E-state index in [2.05, 4.69) is 44.0 Å². The topological polar surface area (TPSA) is 101 Å². The normalized spacial score (nSPS) is 18.2. The van der Waals surface area contributed by atoms with E-state index in [4.69, 9.17) is 4.74 Å². The van der Waals surface area contributed by atoms with Crippen LogP contribution in [0.15, 0.2) is 36.7 Å². The Bertz CT molecular complexity index is 1700. The zero-order valence-electron chi connectivity index (χ0n) is 25.3. The Morgan fingerprint density at radius 2 is 1.86 bits per heavy atom. The van der Waals surface area contributed by atoms with Gasteiger partial charge < -0.3 is 24.4 Å². The van der Waals surface area contributed by atoms with Crippen molar-refractivity contribution in [2.75, 3.05) is 29.9 Å². The summed E-state index contributed by atoms with van der Waals surface area (Å²) in [6.07, 6.45) is 4.15. The summed E-state index contributed by atoms with van der Waals surface area (Å²) < 4.78 is 37.7. The fourth-order valence-corrected chi connectivity index (χ4v) is 5.87. The van der Waals surface area contributed by atoms with Gasteiger partial charge in [-0.15, -0.1) is 0 Å². The molecule has 0 saturated carbocycles. The fraction of sp³-hybridized carbons (Fsp3) is 0.452. The van der Waals surface area contributed by atoms with Crippen LogP contribution in [0.1, 0.15) is 53.8 Å². The van der Waals surface area contributed by atoms with Crippen LogP contribution in [-0.2, 0) is 16.7 Å². The molecule has 0 aliphatic carbocycles. The Morgan fingerprint density at radius 1 is 1.07 bits per heavy atom. The molecule has 4 aromatic rings. The maximum absolute atomic E-state index is 15.2. The lowest BCUT2D eigenvalue weighted by molar-refractivity contribution is 0.0159. The summed E-state index contributed by atoms with van der Waals surface area (Å²) in [5.41, 5.74) is 1.34. The van der Waals surface area contributed by atoms with Crippen LogP contribution in [0.3, 0.4) is 0 Å². The van der Waals surface area contributed by atoms with Gasteiger partial charge in [0.05, 0.1) is 23.6 Å². The maximum Gasteiger partial charge on any atom is 0.410 e. The molecule has 1 saturated heterocycles. The first-order chi connectivity index (χ1) is 20.3. The second kappa shape index (κ2) is 10.4. The third-order valence-corrected chi connectivity index (χ3v) is 7.97. The number of aryl methyl sites for hydroxylation is 1. The van der Waals surface area contributed by atoms with Crippen LogP contribution < -0.4 is 10.2 Å². The number of anilines is 3. The molecule has 0 bridgehead atoms. The minimum atomic E-state index is -0.660. The van der Waals surface area contributed by atoms with Gasteiger partial charge >= 0.3 is 6.09 Å². The van der Waals surface area contributed by atoms with E-state index in [1.807, 2.05) is 38.3 Å².